The van der Waals surface area contributed by atoms with Crippen molar-refractivity contribution in [2.75, 3.05) is 6.61 Å². The van der Waals surface area contributed by atoms with Gasteiger partial charge in [-0.2, -0.15) is 9.37 Å². The van der Waals surface area contributed by atoms with Gasteiger partial charge in [0.15, 0.2) is 23.2 Å². The molecule has 0 bridgehead atoms. The standard InChI is InChI=1S/C18H11ClF4N2O2/c19-18-24-9-15(23)17(25-18)26-6-5-10-1-4-16(14(22)7-10)27-11-2-3-12(20)13(21)8-11/h1-4,7-9H,5-6H2. The molecule has 0 aliphatic heterocycles. The molecule has 0 saturated carbocycles. The normalized spacial score (nSPS) is 10.7. The average Bonchev–Trinajstić information content (AvgIpc) is 2.63. The van der Waals surface area contributed by atoms with Crippen LogP contribution in [0.4, 0.5) is 17.6 Å². The Balaban J connectivity index is 1.62. The van der Waals surface area contributed by atoms with Crippen molar-refractivity contribution in [2.45, 2.75) is 6.42 Å². The maximum atomic E-state index is 14.2. The van der Waals surface area contributed by atoms with E-state index >= 15 is 0 Å². The lowest BCUT2D eigenvalue weighted by molar-refractivity contribution is 0.290. The molecule has 4 nitrogen and oxygen atoms in total. The molecule has 140 valence electrons. The minimum absolute atomic E-state index is 0.0209. The van der Waals surface area contributed by atoms with E-state index in [-0.39, 0.29) is 35.7 Å². The van der Waals surface area contributed by atoms with Gasteiger partial charge in [-0.1, -0.05) is 6.07 Å². The van der Waals surface area contributed by atoms with Crippen molar-refractivity contribution in [2.24, 2.45) is 0 Å². The highest BCUT2D eigenvalue weighted by atomic mass is 35.5. The Morgan fingerprint density at radius 1 is 0.889 bits per heavy atom. The van der Waals surface area contributed by atoms with Crippen LogP contribution in [0.2, 0.25) is 5.28 Å². The van der Waals surface area contributed by atoms with Crippen LogP contribution in [0, 0.1) is 23.3 Å². The van der Waals surface area contributed by atoms with Crippen LogP contribution in [0.5, 0.6) is 17.4 Å². The molecule has 3 rings (SSSR count). The summed E-state index contributed by atoms with van der Waals surface area (Å²) in [6.07, 6.45) is 1.14. The van der Waals surface area contributed by atoms with Crippen molar-refractivity contribution >= 4 is 11.6 Å². The molecular weight excluding hydrogens is 388 g/mol. The van der Waals surface area contributed by atoms with Crippen LogP contribution < -0.4 is 9.47 Å². The molecule has 0 aliphatic rings. The molecule has 0 amide bonds. The Bertz CT molecular complexity index is 972. The molecule has 0 atom stereocenters. The summed E-state index contributed by atoms with van der Waals surface area (Å²) in [5.74, 6) is -4.08. The van der Waals surface area contributed by atoms with Crippen molar-refractivity contribution in [1.82, 2.24) is 9.97 Å². The minimum atomic E-state index is -1.10. The van der Waals surface area contributed by atoms with E-state index in [1.165, 1.54) is 18.2 Å². The number of halogens is 5. The van der Waals surface area contributed by atoms with E-state index in [1.54, 1.807) is 6.07 Å². The maximum absolute atomic E-state index is 14.2. The number of hydrogen-bond donors (Lipinski definition) is 0. The molecule has 0 unspecified atom stereocenters. The largest absolute Gasteiger partial charge is 0.475 e. The van der Waals surface area contributed by atoms with Crippen molar-refractivity contribution in [1.29, 1.82) is 0 Å². The Kier molecular flexibility index (Phi) is 5.75. The second-order valence-corrected chi connectivity index (χ2v) is 5.67. The van der Waals surface area contributed by atoms with E-state index in [1.807, 2.05) is 0 Å². The maximum Gasteiger partial charge on any atom is 0.254 e. The zero-order chi connectivity index (χ0) is 19.4. The summed E-state index contributed by atoms with van der Waals surface area (Å²) < 4.78 is 64.0. The summed E-state index contributed by atoms with van der Waals surface area (Å²) in [6, 6.07) is 6.98. The lowest BCUT2D eigenvalue weighted by Crippen LogP contribution is -2.05. The predicted molar refractivity (Wildman–Crippen MR) is 89.0 cm³/mol. The number of aromatic nitrogens is 2. The van der Waals surface area contributed by atoms with Gasteiger partial charge in [-0.15, -0.1) is 0 Å². The summed E-state index contributed by atoms with van der Waals surface area (Å²) in [6.45, 7) is 0.0209. The van der Waals surface area contributed by atoms with Crippen molar-refractivity contribution in [3.63, 3.8) is 0 Å². The van der Waals surface area contributed by atoms with Gasteiger partial charge in [0.2, 0.25) is 11.1 Å². The van der Waals surface area contributed by atoms with E-state index in [0.29, 0.717) is 5.56 Å². The lowest BCUT2D eigenvalue weighted by atomic mass is 10.1. The van der Waals surface area contributed by atoms with Gasteiger partial charge in [0.25, 0.3) is 5.88 Å². The average molecular weight is 399 g/mol. The number of benzene rings is 2. The van der Waals surface area contributed by atoms with Crippen LogP contribution in [0.15, 0.2) is 42.6 Å². The highest BCUT2D eigenvalue weighted by Crippen LogP contribution is 2.26. The van der Waals surface area contributed by atoms with E-state index in [0.717, 1.165) is 18.3 Å². The summed E-state index contributed by atoms with van der Waals surface area (Å²) in [7, 11) is 0. The fourth-order valence-corrected chi connectivity index (χ4v) is 2.27. The first kappa shape index (κ1) is 18.9. The van der Waals surface area contributed by atoms with Crippen LogP contribution in [0.25, 0.3) is 0 Å². The Labute approximate surface area is 156 Å². The lowest BCUT2D eigenvalue weighted by Gasteiger charge is -2.09. The van der Waals surface area contributed by atoms with Gasteiger partial charge in [0, 0.05) is 12.5 Å². The van der Waals surface area contributed by atoms with Crippen LogP contribution in [-0.2, 0) is 6.42 Å². The highest BCUT2D eigenvalue weighted by Gasteiger charge is 2.10. The quantitative estimate of drug-likeness (QED) is 0.428. The van der Waals surface area contributed by atoms with E-state index in [2.05, 4.69) is 9.97 Å². The van der Waals surface area contributed by atoms with Crippen LogP contribution >= 0.6 is 11.6 Å². The first-order valence-corrected chi connectivity index (χ1v) is 8.02. The van der Waals surface area contributed by atoms with Crippen molar-refractivity contribution < 1.29 is 27.0 Å². The minimum Gasteiger partial charge on any atom is -0.475 e. The summed E-state index contributed by atoms with van der Waals surface area (Å²) >= 11 is 5.56. The Morgan fingerprint density at radius 2 is 1.70 bits per heavy atom. The SMILES string of the molecule is Fc1ccc(Oc2ccc(CCOc3nc(Cl)ncc3F)cc2F)cc1F. The van der Waals surface area contributed by atoms with E-state index in [9.17, 15) is 17.6 Å². The highest BCUT2D eigenvalue weighted by molar-refractivity contribution is 6.28. The van der Waals surface area contributed by atoms with Crippen molar-refractivity contribution in [3.05, 3.63) is 76.7 Å². The first-order chi connectivity index (χ1) is 12.9. The molecule has 27 heavy (non-hydrogen) atoms. The van der Waals surface area contributed by atoms with Crippen molar-refractivity contribution in [3.8, 4) is 17.4 Å². The zero-order valence-electron chi connectivity index (χ0n) is 13.6. The summed E-state index contributed by atoms with van der Waals surface area (Å²) in [5, 5.41) is -0.156. The number of nitrogens with zero attached hydrogens (tertiary/aromatic N) is 2. The van der Waals surface area contributed by atoms with Crippen LogP contribution in [0.1, 0.15) is 5.56 Å². The van der Waals surface area contributed by atoms with E-state index in [4.69, 9.17) is 21.1 Å². The number of rotatable bonds is 6. The first-order valence-electron chi connectivity index (χ1n) is 7.64. The molecule has 9 heteroatoms. The molecule has 0 saturated heterocycles. The fraction of sp³-hybridized carbons (Fsp3) is 0.111. The van der Waals surface area contributed by atoms with Crippen LogP contribution in [0.3, 0.4) is 0 Å². The van der Waals surface area contributed by atoms with Gasteiger partial charge in [0.05, 0.1) is 12.8 Å². The molecule has 0 aliphatic carbocycles. The van der Waals surface area contributed by atoms with E-state index < -0.39 is 23.3 Å². The molecule has 2 aromatic carbocycles. The second kappa shape index (κ2) is 8.22. The summed E-state index contributed by atoms with van der Waals surface area (Å²) in [4.78, 5) is 7.06. The summed E-state index contributed by atoms with van der Waals surface area (Å²) in [5.41, 5.74) is 0.547. The molecule has 0 N–H and O–H groups in total. The smallest absolute Gasteiger partial charge is 0.254 e. The molecule has 1 heterocycles. The molecule has 0 radical (unpaired) electrons. The van der Waals surface area contributed by atoms with Crippen LogP contribution in [-0.4, -0.2) is 16.6 Å². The van der Waals surface area contributed by atoms with Gasteiger partial charge in [-0.05, 0) is 41.4 Å². The third kappa shape index (κ3) is 4.85. The molecule has 0 spiro atoms. The third-order valence-electron chi connectivity index (χ3n) is 3.43. The van der Waals surface area contributed by atoms with Gasteiger partial charge in [-0.25, -0.2) is 18.2 Å². The predicted octanol–water partition coefficient (Wildman–Crippen LogP) is 5.10. The fourth-order valence-electron chi connectivity index (χ4n) is 2.15. The second-order valence-electron chi connectivity index (χ2n) is 5.33. The zero-order valence-corrected chi connectivity index (χ0v) is 14.3. The molecular formula is C18H11ClF4N2O2. The molecule has 3 aromatic rings. The number of hydrogen-bond acceptors (Lipinski definition) is 4. The molecule has 0 fully saturated rings. The molecule has 1 aromatic heterocycles. The monoisotopic (exact) mass is 398 g/mol. The Hall–Kier alpha value is -2.87. The van der Waals surface area contributed by atoms with Gasteiger partial charge in [-0.3, -0.25) is 0 Å². The van der Waals surface area contributed by atoms with Gasteiger partial charge in [0.1, 0.15) is 5.75 Å². The van der Waals surface area contributed by atoms with Gasteiger partial charge >= 0.3 is 0 Å². The third-order valence-corrected chi connectivity index (χ3v) is 3.61. The number of ether oxygens (including phenoxy) is 2. The Morgan fingerprint density at radius 3 is 2.44 bits per heavy atom. The van der Waals surface area contributed by atoms with Gasteiger partial charge < -0.3 is 9.47 Å². The topological polar surface area (TPSA) is 44.2 Å².